The minimum Gasteiger partial charge on any atom is -0.454 e. The van der Waals surface area contributed by atoms with E-state index in [-0.39, 0.29) is 47.8 Å². The molecule has 1 heterocycles. The highest BCUT2D eigenvalue weighted by Crippen LogP contribution is 2.79. The van der Waals surface area contributed by atoms with Crippen LogP contribution < -0.4 is 5.32 Å². The lowest BCUT2D eigenvalue weighted by atomic mass is 9.44. The van der Waals surface area contributed by atoms with Gasteiger partial charge in [0.25, 0.3) is 0 Å². The van der Waals surface area contributed by atoms with E-state index in [9.17, 15) is 19.8 Å². The van der Waals surface area contributed by atoms with Gasteiger partial charge >= 0.3 is 5.97 Å². The van der Waals surface area contributed by atoms with Gasteiger partial charge in [0, 0.05) is 76.3 Å². The number of aliphatic hydroxyl groups is 2. The molecule has 1 saturated heterocycles. The van der Waals surface area contributed by atoms with Crippen molar-refractivity contribution in [2.45, 2.75) is 87.1 Å². The molecule has 1 spiro atoms. The number of anilines is 1. The van der Waals surface area contributed by atoms with Gasteiger partial charge in [-0.2, -0.15) is 0 Å². The summed E-state index contributed by atoms with van der Waals surface area (Å²) in [7, 11) is 5.05. The van der Waals surface area contributed by atoms with Crippen LogP contribution in [0.5, 0.6) is 0 Å². The molecule has 1 aromatic rings. The van der Waals surface area contributed by atoms with E-state index < -0.39 is 34.3 Å². The second-order valence-corrected chi connectivity index (χ2v) is 13.7. The molecule has 7 rings (SSSR count). The number of benzene rings is 1. The number of para-hydroxylation sites is 1. The minimum atomic E-state index is -1.48. The van der Waals surface area contributed by atoms with Gasteiger partial charge in [-0.05, 0) is 44.4 Å². The number of carbonyl (C=O) groups excluding carboxylic acids is 2. The van der Waals surface area contributed by atoms with E-state index in [1.54, 1.807) is 45.6 Å². The number of nitrogens with one attached hydrogen (secondary N) is 1. The number of likely N-dealkylation sites (tertiary alicyclic amines) is 1. The van der Waals surface area contributed by atoms with Crippen molar-refractivity contribution in [1.29, 1.82) is 0 Å². The van der Waals surface area contributed by atoms with Crippen molar-refractivity contribution >= 4 is 17.6 Å². The van der Waals surface area contributed by atoms with E-state index in [2.05, 4.69) is 17.1 Å². The Balaban J connectivity index is 1.38. The molecule has 42 heavy (non-hydrogen) atoms. The van der Waals surface area contributed by atoms with Gasteiger partial charge in [0.1, 0.15) is 16.8 Å². The zero-order valence-electron chi connectivity index (χ0n) is 25.2. The van der Waals surface area contributed by atoms with Crippen molar-refractivity contribution < 1.29 is 38.7 Å². The lowest BCUT2D eigenvalue weighted by Gasteiger charge is -2.70. The highest BCUT2D eigenvalue weighted by atomic mass is 16.6. The first-order valence-corrected chi connectivity index (χ1v) is 15.4. The van der Waals surface area contributed by atoms with Crippen LogP contribution in [0.1, 0.15) is 56.3 Å². The summed E-state index contributed by atoms with van der Waals surface area (Å²) in [5.74, 6) is -1.54. The molecule has 3 N–H and O–H groups in total. The van der Waals surface area contributed by atoms with Crippen LogP contribution in [0.15, 0.2) is 24.3 Å². The number of nitrogens with zero attached hydrogens (tertiary/aromatic N) is 1. The Bertz CT molecular complexity index is 1290. The SMILES string of the molecule is CCN1C[C@]2(OC(=O)c3ccccc3NC(C)=O)CC[C@H](OC)[C@]34[C@H]1[C@H](C[C@@H]23)[C@@]1(O)C[C@@H](OC)[C@H]2C[C@@H]4[C@]1(O)[C@H]2OC. The predicted octanol–water partition coefficient (Wildman–Crippen LogP) is 2.22. The highest BCUT2D eigenvalue weighted by molar-refractivity contribution is 6.00. The van der Waals surface area contributed by atoms with Crippen LogP contribution in [0.2, 0.25) is 0 Å². The number of methoxy groups -OCH3 is 3. The van der Waals surface area contributed by atoms with Crippen LogP contribution in [-0.4, -0.2) is 103 Å². The third-order valence-electron chi connectivity index (χ3n) is 12.6. The number of ether oxygens (including phenoxy) is 4. The smallest absolute Gasteiger partial charge is 0.340 e. The van der Waals surface area contributed by atoms with Crippen LogP contribution in [-0.2, 0) is 23.7 Å². The molecule has 1 amide bonds. The fraction of sp³-hybridized carbons (Fsp3) is 0.750. The molecule has 230 valence electrons. The van der Waals surface area contributed by atoms with Crippen molar-refractivity contribution in [3.63, 3.8) is 0 Å². The molecular formula is C32H44N2O8. The molecular weight excluding hydrogens is 540 g/mol. The first-order valence-electron chi connectivity index (χ1n) is 15.4. The second kappa shape index (κ2) is 9.46. The maximum atomic E-state index is 14.0. The number of carbonyl (C=O) groups is 2. The molecule has 7 bridgehead atoms. The van der Waals surface area contributed by atoms with Gasteiger partial charge in [-0.25, -0.2) is 4.79 Å². The normalized spacial score (nSPS) is 48.2. The second-order valence-electron chi connectivity index (χ2n) is 13.7. The van der Waals surface area contributed by atoms with E-state index in [0.717, 1.165) is 0 Å². The first kappa shape index (κ1) is 28.7. The molecule has 10 heteroatoms. The van der Waals surface area contributed by atoms with Gasteiger partial charge in [0.2, 0.25) is 5.91 Å². The maximum Gasteiger partial charge on any atom is 0.340 e. The molecule has 6 aliphatic rings. The van der Waals surface area contributed by atoms with Crippen LogP contribution in [0, 0.1) is 29.1 Å². The van der Waals surface area contributed by atoms with E-state index in [1.807, 2.05) is 0 Å². The maximum absolute atomic E-state index is 14.0. The number of esters is 1. The summed E-state index contributed by atoms with van der Waals surface area (Å²) in [6, 6.07) is 6.89. The molecule has 6 fully saturated rings. The van der Waals surface area contributed by atoms with Gasteiger partial charge in [-0.1, -0.05) is 19.1 Å². The summed E-state index contributed by atoms with van der Waals surface area (Å²) in [6.07, 6.45) is 1.91. The highest BCUT2D eigenvalue weighted by Gasteiger charge is 2.89. The van der Waals surface area contributed by atoms with Gasteiger partial charge in [-0.15, -0.1) is 0 Å². The number of piperidine rings is 1. The molecule has 12 atom stereocenters. The topological polar surface area (TPSA) is 127 Å². The summed E-state index contributed by atoms with van der Waals surface area (Å²) >= 11 is 0. The van der Waals surface area contributed by atoms with Crippen LogP contribution in [0.25, 0.3) is 0 Å². The minimum absolute atomic E-state index is 0.0432. The molecule has 0 unspecified atom stereocenters. The number of hydrogen-bond acceptors (Lipinski definition) is 9. The summed E-state index contributed by atoms with van der Waals surface area (Å²) in [5.41, 5.74) is -3.57. The number of hydrogen-bond donors (Lipinski definition) is 3. The summed E-state index contributed by atoms with van der Waals surface area (Å²) in [4.78, 5) is 28.3. The van der Waals surface area contributed by atoms with Gasteiger partial charge < -0.3 is 34.5 Å². The first-order chi connectivity index (χ1) is 20.1. The van der Waals surface area contributed by atoms with Crippen molar-refractivity contribution in [2.24, 2.45) is 29.1 Å². The fourth-order valence-corrected chi connectivity index (χ4v) is 11.6. The Labute approximate surface area is 247 Å². The molecule has 5 saturated carbocycles. The summed E-state index contributed by atoms with van der Waals surface area (Å²) < 4.78 is 25.1. The monoisotopic (exact) mass is 584 g/mol. The quantitative estimate of drug-likeness (QED) is 0.414. The fourth-order valence-electron chi connectivity index (χ4n) is 11.6. The van der Waals surface area contributed by atoms with E-state index in [1.165, 1.54) is 6.92 Å². The average molecular weight is 585 g/mol. The lowest BCUT2D eigenvalue weighted by Crippen LogP contribution is -2.83. The third-order valence-corrected chi connectivity index (χ3v) is 12.6. The molecule has 1 aromatic carbocycles. The number of fused-ring (bicyclic) bond motifs is 2. The number of likely N-dealkylation sites (N-methyl/N-ethyl adjacent to an activating group) is 1. The van der Waals surface area contributed by atoms with Crippen molar-refractivity contribution in [1.82, 2.24) is 4.90 Å². The number of amides is 1. The van der Waals surface area contributed by atoms with Crippen molar-refractivity contribution in [3.8, 4) is 0 Å². The summed E-state index contributed by atoms with van der Waals surface area (Å²) in [5, 5.41) is 28.4. The van der Waals surface area contributed by atoms with Gasteiger partial charge in [0.15, 0.2) is 0 Å². The van der Waals surface area contributed by atoms with E-state index in [0.29, 0.717) is 56.4 Å². The molecule has 0 aromatic heterocycles. The Morgan fingerprint density at radius 2 is 1.83 bits per heavy atom. The van der Waals surface area contributed by atoms with Crippen molar-refractivity contribution in [3.05, 3.63) is 29.8 Å². The van der Waals surface area contributed by atoms with Crippen molar-refractivity contribution in [2.75, 3.05) is 39.7 Å². The van der Waals surface area contributed by atoms with E-state index in [4.69, 9.17) is 18.9 Å². The van der Waals surface area contributed by atoms with E-state index >= 15 is 0 Å². The number of rotatable bonds is 7. The Hall–Kier alpha value is -2.08. The largest absolute Gasteiger partial charge is 0.454 e. The molecule has 5 aliphatic carbocycles. The molecule has 0 radical (unpaired) electrons. The Morgan fingerprint density at radius 1 is 1.07 bits per heavy atom. The van der Waals surface area contributed by atoms with Crippen LogP contribution >= 0.6 is 0 Å². The predicted molar refractivity (Wildman–Crippen MR) is 152 cm³/mol. The van der Waals surface area contributed by atoms with Crippen LogP contribution in [0.4, 0.5) is 5.69 Å². The molecule has 10 nitrogen and oxygen atoms in total. The lowest BCUT2D eigenvalue weighted by molar-refractivity contribution is -0.337. The Morgan fingerprint density at radius 3 is 2.50 bits per heavy atom. The third kappa shape index (κ3) is 3.21. The Kier molecular flexibility index (Phi) is 6.46. The zero-order valence-corrected chi connectivity index (χ0v) is 25.2. The van der Waals surface area contributed by atoms with Gasteiger partial charge in [0.05, 0.1) is 29.6 Å². The summed E-state index contributed by atoms with van der Waals surface area (Å²) in [6.45, 7) is 4.79. The standard InChI is InChI=1S/C32H44N2O8/c1-6-34-16-29(42-28(36)18-9-7-8-10-21(18)33-17(2)35)12-11-25(40-4)31-23(29)14-20(26(31)34)30(37)15-22(39-3)19-13-24(31)32(30,38)27(19)41-5/h7-10,19-20,22-27,37-38H,6,11-16H2,1-5H3,(H,33,35)/t19-,20+,22-,23+,24+,25+,26-,27+,29-,30+,31+,32+/m1/s1. The molecule has 1 aliphatic heterocycles. The van der Waals surface area contributed by atoms with Crippen LogP contribution in [0.3, 0.4) is 0 Å². The zero-order chi connectivity index (χ0) is 29.8. The van der Waals surface area contributed by atoms with Gasteiger partial charge in [-0.3, -0.25) is 9.69 Å². The average Bonchev–Trinajstić information content (AvgIpc) is 3.39.